The number of benzene rings is 9. The van der Waals surface area contributed by atoms with Gasteiger partial charge < -0.3 is 9.13 Å². The predicted molar refractivity (Wildman–Crippen MR) is 284 cm³/mol. The molecule has 0 radical (unpaired) electrons. The van der Waals surface area contributed by atoms with Gasteiger partial charge in [-0.3, -0.25) is 4.98 Å². The zero-order chi connectivity index (χ0) is 46.0. The van der Waals surface area contributed by atoms with Gasteiger partial charge in [-0.05, 0) is 154 Å². The van der Waals surface area contributed by atoms with Gasteiger partial charge in [-0.25, -0.2) is 0 Å². The second-order valence-corrected chi connectivity index (χ2v) is 18.1. The summed E-state index contributed by atoms with van der Waals surface area (Å²) in [7, 11) is 0. The first-order valence-electron chi connectivity index (χ1n) is 23.2. The van der Waals surface area contributed by atoms with E-state index < -0.39 is 0 Å². The molecule has 4 nitrogen and oxygen atoms in total. The smallest absolute Gasteiger partial charge is 0.104 e. The van der Waals surface area contributed by atoms with Crippen LogP contribution in [0.4, 0.5) is 0 Å². The van der Waals surface area contributed by atoms with Crippen molar-refractivity contribution in [3.63, 3.8) is 0 Å². The highest BCUT2D eigenvalue weighted by Gasteiger charge is 2.24. The Kier molecular flexibility index (Phi) is 9.74. The summed E-state index contributed by atoms with van der Waals surface area (Å²) in [4.78, 5) is 4.43. The number of nitrogens with zero attached hydrogens (tertiary/aromatic N) is 4. The Balaban J connectivity index is 1.24. The minimum absolute atomic E-state index is 0.575. The van der Waals surface area contributed by atoms with Crippen LogP contribution in [0.5, 0.6) is 0 Å². The van der Waals surface area contributed by atoms with E-state index in [4.69, 9.17) is 0 Å². The van der Waals surface area contributed by atoms with Crippen LogP contribution in [-0.4, -0.2) is 14.1 Å². The molecule has 3 heterocycles. The molecule has 0 aliphatic heterocycles. The first-order valence-corrected chi connectivity index (χ1v) is 23.2. The van der Waals surface area contributed by atoms with Crippen LogP contribution in [0.1, 0.15) is 27.8 Å². The lowest BCUT2D eigenvalue weighted by Crippen LogP contribution is -2.05. The number of aryl methyl sites for hydroxylation is 4. The zero-order valence-electron chi connectivity index (χ0n) is 38.4. The van der Waals surface area contributed by atoms with E-state index in [1.165, 1.54) is 44.5 Å². The van der Waals surface area contributed by atoms with E-state index in [0.29, 0.717) is 5.56 Å². The van der Waals surface area contributed by atoms with Crippen LogP contribution in [0.15, 0.2) is 207 Å². The van der Waals surface area contributed by atoms with Crippen molar-refractivity contribution >= 4 is 43.6 Å². The van der Waals surface area contributed by atoms with Gasteiger partial charge in [0, 0.05) is 33.9 Å². The van der Waals surface area contributed by atoms with Crippen LogP contribution in [0.3, 0.4) is 0 Å². The van der Waals surface area contributed by atoms with Gasteiger partial charge in [0.05, 0.1) is 33.4 Å². The number of pyridine rings is 1. The highest BCUT2D eigenvalue weighted by Crippen LogP contribution is 2.44. The number of rotatable bonds is 7. The van der Waals surface area contributed by atoms with E-state index in [1.54, 1.807) is 0 Å². The summed E-state index contributed by atoms with van der Waals surface area (Å²) in [5.74, 6) is 0. The highest BCUT2D eigenvalue weighted by molar-refractivity contribution is 6.13. The Morgan fingerprint density at radius 1 is 0.338 bits per heavy atom. The molecule has 9 aromatic carbocycles. The summed E-state index contributed by atoms with van der Waals surface area (Å²) in [6.07, 6.45) is 3.69. The number of aromatic nitrogens is 3. The number of hydrogen-bond donors (Lipinski definition) is 0. The van der Waals surface area contributed by atoms with Crippen LogP contribution in [-0.2, 0) is 0 Å². The molecule has 0 aliphatic carbocycles. The Morgan fingerprint density at radius 2 is 0.647 bits per heavy atom. The lowest BCUT2D eigenvalue weighted by Gasteiger charge is -2.19. The number of nitriles is 1. The third-order valence-corrected chi connectivity index (χ3v) is 14.1. The van der Waals surface area contributed by atoms with Gasteiger partial charge >= 0.3 is 0 Å². The van der Waals surface area contributed by atoms with E-state index in [2.05, 4.69) is 242 Å². The predicted octanol–water partition coefficient (Wildman–Crippen LogP) is 16.7. The minimum Gasteiger partial charge on any atom is -0.308 e. The van der Waals surface area contributed by atoms with E-state index in [-0.39, 0.29) is 0 Å². The highest BCUT2D eigenvalue weighted by atomic mass is 15.0. The average Bonchev–Trinajstić information content (AvgIpc) is 3.87. The zero-order valence-corrected chi connectivity index (χ0v) is 38.4. The van der Waals surface area contributed by atoms with Gasteiger partial charge in [0.25, 0.3) is 0 Å². The van der Waals surface area contributed by atoms with E-state index in [1.807, 2.05) is 12.4 Å². The molecule has 3 aromatic heterocycles. The molecule has 4 heteroatoms. The lowest BCUT2D eigenvalue weighted by molar-refractivity contribution is 1.12. The minimum atomic E-state index is 0.575. The maximum atomic E-state index is 11.9. The van der Waals surface area contributed by atoms with Gasteiger partial charge in [0.1, 0.15) is 11.6 Å². The van der Waals surface area contributed by atoms with E-state index in [9.17, 15) is 5.26 Å². The van der Waals surface area contributed by atoms with Gasteiger partial charge in [0.2, 0.25) is 0 Å². The molecule has 0 amide bonds. The molecule has 0 aliphatic rings. The second kappa shape index (κ2) is 16.3. The van der Waals surface area contributed by atoms with E-state index >= 15 is 0 Å². The fraction of sp³-hybridized carbons (Fsp3) is 0.0625. The van der Waals surface area contributed by atoms with Crippen LogP contribution in [0.2, 0.25) is 0 Å². The van der Waals surface area contributed by atoms with Crippen molar-refractivity contribution in [1.29, 1.82) is 5.26 Å². The Labute approximate surface area is 396 Å². The topological polar surface area (TPSA) is 46.5 Å². The molecule has 322 valence electrons. The van der Waals surface area contributed by atoms with E-state index in [0.717, 1.165) is 88.4 Å². The summed E-state index contributed by atoms with van der Waals surface area (Å²) in [5, 5.41) is 16.4. The van der Waals surface area contributed by atoms with Gasteiger partial charge in [0.15, 0.2) is 0 Å². The number of hydrogen-bond acceptors (Lipinski definition) is 2. The molecular weight excluding hydrogens is 825 g/mol. The van der Waals surface area contributed by atoms with Crippen LogP contribution >= 0.6 is 0 Å². The molecule has 68 heavy (non-hydrogen) atoms. The molecule has 0 bridgehead atoms. The summed E-state index contributed by atoms with van der Waals surface area (Å²) in [6.45, 7) is 8.68. The SMILES string of the molecule is Cc1ccccc1-c1ccc2c3ccc(-c4ccccc4C)cc3n(-c3cc(-c4ccncc4)cc(-n4c5cc(-c6ccccc6C)ccc5c5ccc(-c6ccccc6C)cc54)c3C#N)c2c1. The molecule has 0 saturated carbocycles. The van der Waals surface area contributed by atoms with Crippen molar-refractivity contribution in [3.05, 3.63) is 234 Å². The lowest BCUT2D eigenvalue weighted by atomic mass is 9.98. The van der Waals surface area contributed by atoms with Crippen molar-refractivity contribution in [2.75, 3.05) is 0 Å². The summed E-state index contributed by atoms with van der Waals surface area (Å²) in [5.41, 5.74) is 22.3. The third-order valence-electron chi connectivity index (χ3n) is 14.1. The molecule has 0 saturated heterocycles. The summed E-state index contributed by atoms with van der Waals surface area (Å²) in [6, 6.07) is 72.9. The van der Waals surface area contributed by atoms with Crippen LogP contribution < -0.4 is 0 Å². The first kappa shape index (κ1) is 40.7. The molecule has 0 spiro atoms. The first-order chi connectivity index (χ1) is 33.3. The maximum Gasteiger partial charge on any atom is 0.104 e. The largest absolute Gasteiger partial charge is 0.308 e. The van der Waals surface area contributed by atoms with Crippen molar-refractivity contribution in [2.45, 2.75) is 27.7 Å². The molecule has 12 aromatic rings. The fourth-order valence-electron chi connectivity index (χ4n) is 10.6. The Morgan fingerprint density at radius 3 is 0.941 bits per heavy atom. The van der Waals surface area contributed by atoms with Crippen LogP contribution in [0.25, 0.3) is 111 Å². The molecule has 0 atom stereocenters. The van der Waals surface area contributed by atoms with Crippen LogP contribution in [0, 0.1) is 39.0 Å². The second-order valence-electron chi connectivity index (χ2n) is 18.1. The molecule has 0 fully saturated rings. The van der Waals surface area contributed by atoms with Gasteiger partial charge in [-0.2, -0.15) is 5.26 Å². The molecule has 12 rings (SSSR count). The normalized spacial score (nSPS) is 11.5. The molecular formula is C64H46N4. The standard InChI is InChI=1S/C64H46N4/c1-40-13-5-9-17-50(40)45-21-25-54-55-26-22-46(51-18-10-6-14-41(51)2)34-60(55)67(59(54)33-45)63-37-49(44-29-31-66-32-30-44)38-64(58(63)39-65)68-61-35-47(52-19-11-7-15-42(52)3)23-27-56(61)57-28-24-48(36-62(57)68)53-20-12-8-16-43(53)4/h5-38H,1-4H3. The van der Waals surface area contributed by atoms with Crippen molar-refractivity contribution in [1.82, 2.24) is 14.1 Å². The van der Waals surface area contributed by atoms with Crippen molar-refractivity contribution < 1.29 is 0 Å². The van der Waals surface area contributed by atoms with Gasteiger partial charge in [-0.15, -0.1) is 0 Å². The van der Waals surface area contributed by atoms with Crippen molar-refractivity contribution in [3.8, 4) is 73.1 Å². The van der Waals surface area contributed by atoms with Crippen molar-refractivity contribution in [2.24, 2.45) is 0 Å². The summed E-state index contributed by atoms with van der Waals surface area (Å²) < 4.78 is 4.71. The third kappa shape index (κ3) is 6.63. The quantitative estimate of drug-likeness (QED) is 0.160. The number of fused-ring (bicyclic) bond motifs is 6. The summed E-state index contributed by atoms with van der Waals surface area (Å²) >= 11 is 0. The molecule has 0 unspecified atom stereocenters. The Bertz CT molecular complexity index is 3590. The van der Waals surface area contributed by atoms with Gasteiger partial charge in [-0.1, -0.05) is 146 Å². The molecule has 0 N–H and O–H groups in total. The fourth-order valence-corrected chi connectivity index (χ4v) is 10.6. The Hall–Kier alpha value is -8.78. The monoisotopic (exact) mass is 870 g/mol. The average molecular weight is 871 g/mol. The maximum absolute atomic E-state index is 11.9.